The zero-order valence-corrected chi connectivity index (χ0v) is 13.6. The summed E-state index contributed by atoms with van der Waals surface area (Å²) in [6.07, 6.45) is 1.12. The Morgan fingerprint density at radius 1 is 1.14 bits per heavy atom. The number of hydrogen-bond acceptors (Lipinski definition) is 2. The van der Waals surface area contributed by atoms with Gasteiger partial charge in [-0.25, -0.2) is 0 Å². The highest BCUT2D eigenvalue weighted by Gasteiger charge is 2.18. The van der Waals surface area contributed by atoms with E-state index in [1.165, 1.54) is 0 Å². The van der Waals surface area contributed by atoms with Crippen molar-refractivity contribution in [3.05, 3.63) is 69.8 Å². The Labute approximate surface area is 136 Å². The highest BCUT2D eigenvalue weighted by Crippen LogP contribution is 2.25. The smallest absolute Gasteiger partial charge is 0.235 e. The molecule has 22 heavy (non-hydrogen) atoms. The average molecular weight is 356 g/mol. The molecule has 0 aliphatic heterocycles. The minimum atomic E-state index is -0.0378. The Morgan fingerprint density at radius 3 is 2.50 bits per heavy atom. The molecule has 110 valence electrons. The van der Waals surface area contributed by atoms with Crippen LogP contribution in [0.2, 0.25) is 0 Å². The molecule has 1 heterocycles. The third-order valence-corrected chi connectivity index (χ3v) is 4.32. The van der Waals surface area contributed by atoms with Crippen LogP contribution in [0.3, 0.4) is 0 Å². The third kappa shape index (κ3) is 2.50. The first-order valence-electron chi connectivity index (χ1n) is 6.94. The van der Waals surface area contributed by atoms with E-state index in [2.05, 4.69) is 15.9 Å². The quantitative estimate of drug-likeness (QED) is 0.652. The summed E-state index contributed by atoms with van der Waals surface area (Å²) in [7, 11) is 0. The first kappa shape index (κ1) is 14.7. The van der Waals surface area contributed by atoms with Gasteiger partial charge in [0.2, 0.25) is 5.91 Å². The topological polar surface area (TPSA) is 39.1 Å². The van der Waals surface area contributed by atoms with E-state index in [0.717, 1.165) is 27.2 Å². The summed E-state index contributed by atoms with van der Waals surface area (Å²) in [4.78, 5) is 24.0. The van der Waals surface area contributed by atoms with Crippen LogP contribution in [-0.4, -0.2) is 16.8 Å². The Balaban J connectivity index is 2.06. The number of aldehydes is 1. The van der Waals surface area contributed by atoms with Gasteiger partial charge in [0.15, 0.2) is 6.29 Å². The molecule has 4 heteroatoms. The second-order valence-electron chi connectivity index (χ2n) is 5.17. The zero-order chi connectivity index (χ0) is 15.7. The summed E-state index contributed by atoms with van der Waals surface area (Å²) in [5.41, 5.74) is 3.00. The zero-order valence-electron chi connectivity index (χ0n) is 12.0. The Kier molecular flexibility index (Phi) is 3.94. The number of benzene rings is 2. The summed E-state index contributed by atoms with van der Waals surface area (Å²) in [6.45, 7) is 1.81. The van der Waals surface area contributed by atoms with Crippen molar-refractivity contribution in [2.45, 2.75) is 13.3 Å². The first-order valence-corrected chi connectivity index (χ1v) is 7.74. The SMILES string of the molecule is Cc1c(C=O)c2ccccc2n1C(=O)Cc1ccc(Br)cc1. The van der Waals surface area contributed by atoms with Crippen LogP contribution in [0.5, 0.6) is 0 Å². The molecule has 0 radical (unpaired) electrons. The number of fused-ring (bicyclic) bond motifs is 1. The molecule has 0 spiro atoms. The number of halogens is 1. The van der Waals surface area contributed by atoms with Crippen molar-refractivity contribution >= 4 is 39.0 Å². The maximum absolute atomic E-state index is 12.7. The minimum Gasteiger partial charge on any atom is -0.298 e. The number of carbonyl (C=O) groups is 2. The molecule has 0 saturated heterocycles. The predicted molar refractivity (Wildman–Crippen MR) is 90.5 cm³/mol. The highest BCUT2D eigenvalue weighted by molar-refractivity contribution is 9.10. The van der Waals surface area contributed by atoms with Crippen LogP contribution in [-0.2, 0) is 6.42 Å². The van der Waals surface area contributed by atoms with Gasteiger partial charge in [-0.3, -0.25) is 14.2 Å². The van der Waals surface area contributed by atoms with E-state index in [9.17, 15) is 9.59 Å². The highest BCUT2D eigenvalue weighted by atomic mass is 79.9. The van der Waals surface area contributed by atoms with E-state index >= 15 is 0 Å². The van der Waals surface area contributed by atoms with E-state index < -0.39 is 0 Å². The number of nitrogens with zero attached hydrogens (tertiary/aromatic N) is 1. The number of aromatic nitrogens is 1. The molecule has 0 amide bonds. The fraction of sp³-hybridized carbons (Fsp3) is 0.111. The van der Waals surface area contributed by atoms with E-state index in [1.807, 2.05) is 55.5 Å². The van der Waals surface area contributed by atoms with Gasteiger partial charge in [-0.05, 0) is 30.7 Å². The van der Waals surface area contributed by atoms with Gasteiger partial charge in [-0.15, -0.1) is 0 Å². The molecule has 2 aromatic carbocycles. The second-order valence-corrected chi connectivity index (χ2v) is 6.08. The molecule has 3 rings (SSSR count). The van der Waals surface area contributed by atoms with Crippen LogP contribution < -0.4 is 0 Å². The van der Waals surface area contributed by atoms with Crippen molar-refractivity contribution in [1.82, 2.24) is 4.57 Å². The van der Waals surface area contributed by atoms with Crippen LogP contribution in [0.1, 0.15) is 26.4 Å². The number of rotatable bonds is 3. The predicted octanol–water partition coefficient (Wildman–Crippen LogP) is 4.41. The van der Waals surface area contributed by atoms with Crippen LogP contribution in [0, 0.1) is 6.92 Å². The standard InChI is InChI=1S/C18H14BrNO2/c1-12-16(11-21)15-4-2-3-5-17(15)20(12)18(22)10-13-6-8-14(19)9-7-13/h2-9,11H,10H2,1H3. The van der Waals surface area contributed by atoms with Gasteiger partial charge in [-0.1, -0.05) is 46.3 Å². The molecule has 3 aromatic rings. The van der Waals surface area contributed by atoms with Crippen molar-refractivity contribution in [2.24, 2.45) is 0 Å². The van der Waals surface area contributed by atoms with Gasteiger partial charge < -0.3 is 0 Å². The fourth-order valence-electron chi connectivity index (χ4n) is 2.72. The lowest BCUT2D eigenvalue weighted by molar-refractivity contribution is 0.0917. The molecule has 0 unspecified atom stereocenters. The van der Waals surface area contributed by atoms with E-state index in [-0.39, 0.29) is 5.91 Å². The molecule has 1 aromatic heterocycles. The largest absolute Gasteiger partial charge is 0.298 e. The molecular formula is C18H14BrNO2. The van der Waals surface area contributed by atoms with Gasteiger partial charge in [0, 0.05) is 21.1 Å². The lowest BCUT2D eigenvalue weighted by Crippen LogP contribution is -2.15. The lowest BCUT2D eigenvalue weighted by Gasteiger charge is -2.07. The van der Waals surface area contributed by atoms with Crippen molar-refractivity contribution in [3.8, 4) is 0 Å². The van der Waals surface area contributed by atoms with Crippen molar-refractivity contribution in [2.75, 3.05) is 0 Å². The molecule has 0 aliphatic carbocycles. The molecule has 0 bridgehead atoms. The monoisotopic (exact) mass is 355 g/mol. The second kappa shape index (κ2) is 5.89. The van der Waals surface area contributed by atoms with Gasteiger partial charge in [0.05, 0.1) is 11.9 Å². The fourth-order valence-corrected chi connectivity index (χ4v) is 2.98. The molecule has 0 aliphatic rings. The van der Waals surface area contributed by atoms with Crippen molar-refractivity contribution < 1.29 is 9.59 Å². The summed E-state index contributed by atoms with van der Waals surface area (Å²) in [5.74, 6) is -0.0378. The van der Waals surface area contributed by atoms with Gasteiger partial charge in [0.25, 0.3) is 0 Å². The first-order chi connectivity index (χ1) is 10.6. The van der Waals surface area contributed by atoms with Crippen LogP contribution in [0.4, 0.5) is 0 Å². The molecule has 3 nitrogen and oxygen atoms in total. The van der Waals surface area contributed by atoms with Gasteiger partial charge in [0.1, 0.15) is 0 Å². The van der Waals surface area contributed by atoms with E-state index in [1.54, 1.807) is 4.57 Å². The normalized spacial score (nSPS) is 10.8. The van der Waals surface area contributed by atoms with Crippen LogP contribution in [0.15, 0.2) is 53.0 Å². The Bertz CT molecular complexity index is 863. The number of hydrogen-bond donors (Lipinski definition) is 0. The van der Waals surface area contributed by atoms with E-state index in [4.69, 9.17) is 0 Å². The van der Waals surface area contributed by atoms with Crippen LogP contribution in [0.25, 0.3) is 10.9 Å². The molecule has 0 atom stereocenters. The molecule has 0 saturated carbocycles. The van der Waals surface area contributed by atoms with Crippen molar-refractivity contribution in [1.29, 1.82) is 0 Å². The maximum atomic E-state index is 12.7. The third-order valence-electron chi connectivity index (χ3n) is 3.80. The van der Waals surface area contributed by atoms with E-state index in [0.29, 0.717) is 17.7 Å². The summed E-state index contributed by atoms with van der Waals surface area (Å²) in [5, 5.41) is 0.819. The molecule has 0 N–H and O–H groups in total. The number of para-hydroxylation sites is 1. The van der Waals surface area contributed by atoms with Gasteiger partial charge >= 0.3 is 0 Å². The Hall–Kier alpha value is -2.20. The minimum absolute atomic E-state index is 0.0378. The molecular weight excluding hydrogens is 342 g/mol. The summed E-state index contributed by atoms with van der Waals surface area (Å²) >= 11 is 3.38. The summed E-state index contributed by atoms with van der Waals surface area (Å²) < 4.78 is 2.62. The average Bonchev–Trinajstić information content (AvgIpc) is 2.81. The lowest BCUT2D eigenvalue weighted by atomic mass is 10.1. The summed E-state index contributed by atoms with van der Waals surface area (Å²) in [6, 6.07) is 15.2. The van der Waals surface area contributed by atoms with Gasteiger partial charge in [-0.2, -0.15) is 0 Å². The van der Waals surface area contributed by atoms with Crippen LogP contribution >= 0.6 is 15.9 Å². The Morgan fingerprint density at radius 2 is 1.82 bits per heavy atom. The maximum Gasteiger partial charge on any atom is 0.235 e. The molecule has 0 fully saturated rings. The number of carbonyl (C=O) groups excluding carboxylic acids is 2. The van der Waals surface area contributed by atoms with Crippen molar-refractivity contribution in [3.63, 3.8) is 0 Å².